The van der Waals surface area contributed by atoms with E-state index in [1.165, 1.54) is 5.56 Å². The fourth-order valence-corrected chi connectivity index (χ4v) is 2.23. The quantitative estimate of drug-likeness (QED) is 0.841. The number of ether oxygens (including phenoxy) is 1. The van der Waals surface area contributed by atoms with Gasteiger partial charge in [0.15, 0.2) is 0 Å². The molecule has 1 atom stereocenters. The molecular formula is C13H20N2O. The van der Waals surface area contributed by atoms with Crippen molar-refractivity contribution >= 4 is 0 Å². The second-order valence-electron chi connectivity index (χ2n) is 4.22. The number of nitrogens with zero attached hydrogens (tertiary/aromatic N) is 1. The van der Waals surface area contributed by atoms with E-state index in [2.05, 4.69) is 24.0 Å². The van der Waals surface area contributed by atoms with Crippen molar-refractivity contribution in [1.29, 1.82) is 0 Å². The van der Waals surface area contributed by atoms with E-state index in [1.807, 2.05) is 12.1 Å². The fraction of sp³-hybridized carbons (Fsp3) is 0.538. The zero-order valence-electron chi connectivity index (χ0n) is 9.86. The van der Waals surface area contributed by atoms with Gasteiger partial charge in [-0.3, -0.25) is 4.90 Å². The number of rotatable bonds is 3. The third-order valence-corrected chi connectivity index (χ3v) is 3.24. The molecule has 0 aromatic heterocycles. The lowest BCUT2D eigenvalue weighted by molar-refractivity contribution is 0.168. The SMILES string of the molecule is CCC(CN)N1CCOc2ccccc2C1. The molecule has 0 bridgehead atoms. The van der Waals surface area contributed by atoms with Gasteiger partial charge in [-0.25, -0.2) is 0 Å². The van der Waals surface area contributed by atoms with Crippen LogP contribution in [0.3, 0.4) is 0 Å². The molecule has 0 saturated carbocycles. The molecule has 88 valence electrons. The zero-order valence-corrected chi connectivity index (χ0v) is 9.86. The molecule has 0 saturated heterocycles. The first kappa shape index (κ1) is 11.4. The molecule has 0 aliphatic carbocycles. The highest BCUT2D eigenvalue weighted by Gasteiger charge is 2.20. The van der Waals surface area contributed by atoms with Crippen LogP contribution in [0.4, 0.5) is 0 Å². The number of para-hydroxylation sites is 1. The molecule has 1 heterocycles. The predicted octanol–water partition coefficient (Wildman–Crippen LogP) is 1.62. The molecule has 0 amide bonds. The highest BCUT2D eigenvalue weighted by atomic mass is 16.5. The summed E-state index contributed by atoms with van der Waals surface area (Å²) in [5, 5.41) is 0. The highest BCUT2D eigenvalue weighted by molar-refractivity contribution is 5.33. The molecule has 3 heteroatoms. The number of fused-ring (bicyclic) bond motifs is 1. The van der Waals surface area contributed by atoms with Gasteiger partial charge in [0.2, 0.25) is 0 Å². The fourth-order valence-electron chi connectivity index (χ4n) is 2.23. The van der Waals surface area contributed by atoms with Crippen LogP contribution >= 0.6 is 0 Å². The van der Waals surface area contributed by atoms with E-state index >= 15 is 0 Å². The van der Waals surface area contributed by atoms with Crippen molar-refractivity contribution < 1.29 is 4.74 Å². The lowest BCUT2D eigenvalue weighted by atomic mass is 10.1. The Morgan fingerprint density at radius 3 is 3.00 bits per heavy atom. The predicted molar refractivity (Wildman–Crippen MR) is 65.5 cm³/mol. The largest absolute Gasteiger partial charge is 0.492 e. The molecule has 0 spiro atoms. The standard InChI is InChI=1S/C13H20N2O/c1-2-12(9-14)15-7-8-16-13-6-4-3-5-11(13)10-15/h3-6,12H,2,7-10,14H2,1H3. The van der Waals surface area contributed by atoms with E-state index in [0.717, 1.165) is 38.4 Å². The van der Waals surface area contributed by atoms with Crippen molar-refractivity contribution in [2.24, 2.45) is 5.73 Å². The van der Waals surface area contributed by atoms with Crippen LogP contribution in [-0.4, -0.2) is 30.6 Å². The number of nitrogens with two attached hydrogens (primary N) is 1. The Balaban J connectivity index is 2.16. The van der Waals surface area contributed by atoms with Crippen LogP contribution in [0.5, 0.6) is 5.75 Å². The van der Waals surface area contributed by atoms with Gasteiger partial charge in [0.1, 0.15) is 12.4 Å². The van der Waals surface area contributed by atoms with Crippen LogP contribution in [0, 0.1) is 0 Å². The smallest absolute Gasteiger partial charge is 0.123 e. The third kappa shape index (κ3) is 2.36. The summed E-state index contributed by atoms with van der Waals surface area (Å²) < 4.78 is 5.74. The average Bonchev–Trinajstić information content (AvgIpc) is 2.53. The van der Waals surface area contributed by atoms with Gasteiger partial charge in [-0.1, -0.05) is 25.1 Å². The van der Waals surface area contributed by atoms with Crippen LogP contribution < -0.4 is 10.5 Å². The Morgan fingerprint density at radius 1 is 1.44 bits per heavy atom. The van der Waals surface area contributed by atoms with Crippen molar-refractivity contribution in [2.75, 3.05) is 19.7 Å². The molecule has 1 aliphatic rings. The minimum atomic E-state index is 0.467. The number of hydrogen-bond donors (Lipinski definition) is 1. The topological polar surface area (TPSA) is 38.5 Å². The first-order valence-electron chi connectivity index (χ1n) is 6.00. The molecule has 1 aromatic carbocycles. The van der Waals surface area contributed by atoms with Crippen LogP contribution in [-0.2, 0) is 6.54 Å². The summed E-state index contributed by atoms with van der Waals surface area (Å²) in [5.41, 5.74) is 7.07. The van der Waals surface area contributed by atoms with Crippen LogP contribution in [0.25, 0.3) is 0 Å². The second kappa shape index (κ2) is 5.32. The Labute approximate surface area is 97.2 Å². The minimum absolute atomic E-state index is 0.467. The lowest BCUT2D eigenvalue weighted by Gasteiger charge is -2.28. The lowest BCUT2D eigenvalue weighted by Crippen LogP contribution is -2.40. The Bertz CT molecular complexity index is 336. The molecule has 16 heavy (non-hydrogen) atoms. The molecule has 1 aromatic rings. The monoisotopic (exact) mass is 220 g/mol. The molecule has 3 nitrogen and oxygen atoms in total. The third-order valence-electron chi connectivity index (χ3n) is 3.24. The summed E-state index contributed by atoms with van der Waals surface area (Å²) >= 11 is 0. The minimum Gasteiger partial charge on any atom is -0.492 e. The summed E-state index contributed by atoms with van der Waals surface area (Å²) in [6.45, 7) is 5.58. The van der Waals surface area contributed by atoms with Gasteiger partial charge in [-0.05, 0) is 12.5 Å². The van der Waals surface area contributed by atoms with Crippen molar-refractivity contribution in [1.82, 2.24) is 4.90 Å². The van der Waals surface area contributed by atoms with Gasteiger partial charge in [-0.15, -0.1) is 0 Å². The van der Waals surface area contributed by atoms with Crippen molar-refractivity contribution in [3.8, 4) is 5.75 Å². The van der Waals surface area contributed by atoms with Crippen molar-refractivity contribution in [2.45, 2.75) is 25.9 Å². The van der Waals surface area contributed by atoms with E-state index in [0.29, 0.717) is 6.04 Å². The van der Waals surface area contributed by atoms with E-state index in [9.17, 15) is 0 Å². The van der Waals surface area contributed by atoms with Crippen LogP contribution in [0.2, 0.25) is 0 Å². The summed E-state index contributed by atoms with van der Waals surface area (Å²) in [5.74, 6) is 1.02. The van der Waals surface area contributed by atoms with Gasteiger partial charge in [-0.2, -0.15) is 0 Å². The summed E-state index contributed by atoms with van der Waals surface area (Å²) in [4.78, 5) is 2.42. The summed E-state index contributed by atoms with van der Waals surface area (Å²) in [6.07, 6.45) is 1.10. The molecule has 1 unspecified atom stereocenters. The van der Waals surface area contributed by atoms with E-state index in [1.54, 1.807) is 0 Å². The molecular weight excluding hydrogens is 200 g/mol. The normalized spacial score (nSPS) is 18.4. The maximum atomic E-state index is 5.80. The zero-order chi connectivity index (χ0) is 11.4. The van der Waals surface area contributed by atoms with Crippen molar-refractivity contribution in [3.63, 3.8) is 0 Å². The Hall–Kier alpha value is -1.06. The van der Waals surface area contributed by atoms with Gasteiger partial charge in [0.25, 0.3) is 0 Å². The van der Waals surface area contributed by atoms with Gasteiger partial charge >= 0.3 is 0 Å². The first-order chi connectivity index (χ1) is 7.85. The van der Waals surface area contributed by atoms with Crippen LogP contribution in [0.15, 0.2) is 24.3 Å². The molecule has 1 aliphatic heterocycles. The van der Waals surface area contributed by atoms with Crippen molar-refractivity contribution in [3.05, 3.63) is 29.8 Å². The van der Waals surface area contributed by atoms with Gasteiger partial charge in [0, 0.05) is 31.2 Å². The van der Waals surface area contributed by atoms with E-state index in [-0.39, 0.29) is 0 Å². The van der Waals surface area contributed by atoms with E-state index in [4.69, 9.17) is 10.5 Å². The van der Waals surface area contributed by atoms with Gasteiger partial charge in [0.05, 0.1) is 0 Å². The molecule has 2 rings (SSSR count). The number of benzene rings is 1. The average molecular weight is 220 g/mol. The Kier molecular flexibility index (Phi) is 3.80. The van der Waals surface area contributed by atoms with Gasteiger partial charge < -0.3 is 10.5 Å². The van der Waals surface area contributed by atoms with E-state index < -0.39 is 0 Å². The van der Waals surface area contributed by atoms with Crippen LogP contribution in [0.1, 0.15) is 18.9 Å². The Morgan fingerprint density at radius 2 is 2.25 bits per heavy atom. The highest BCUT2D eigenvalue weighted by Crippen LogP contribution is 2.23. The summed E-state index contributed by atoms with van der Waals surface area (Å²) in [6, 6.07) is 8.73. The molecule has 2 N–H and O–H groups in total. The maximum absolute atomic E-state index is 5.80. The number of hydrogen-bond acceptors (Lipinski definition) is 3. The second-order valence-corrected chi connectivity index (χ2v) is 4.22. The summed E-state index contributed by atoms with van der Waals surface area (Å²) in [7, 11) is 0. The maximum Gasteiger partial charge on any atom is 0.123 e. The molecule has 0 fully saturated rings. The first-order valence-corrected chi connectivity index (χ1v) is 6.00. The molecule has 0 radical (unpaired) electrons.